The summed E-state index contributed by atoms with van der Waals surface area (Å²) in [6.45, 7) is 3.92. The highest BCUT2D eigenvalue weighted by Crippen LogP contribution is 2.37. The number of imide groups is 1. The Bertz CT molecular complexity index is 809. The molecule has 2 amide bonds. The number of esters is 1. The zero-order chi connectivity index (χ0) is 20.3. The van der Waals surface area contributed by atoms with Crippen LogP contribution in [-0.2, 0) is 25.7 Å². The van der Waals surface area contributed by atoms with Gasteiger partial charge in [0, 0.05) is 0 Å². The van der Waals surface area contributed by atoms with E-state index in [0.29, 0.717) is 24.8 Å². The molecule has 1 heterocycles. The Hall–Kier alpha value is -2.94. The zero-order valence-corrected chi connectivity index (χ0v) is 16.1. The molecule has 0 N–H and O–H groups in total. The number of fused-ring (bicyclic) bond motifs is 1. The zero-order valence-electron chi connectivity index (χ0n) is 16.1. The first-order valence-electron chi connectivity index (χ1n) is 9.60. The van der Waals surface area contributed by atoms with Gasteiger partial charge in [-0.2, -0.15) is 5.26 Å². The van der Waals surface area contributed by atoms with Gasteiger partial charge in [-0.25, -0.2) is 4.79 Å². The lowest BCUT2D eigenvalue weighted by Crippen LogP contribution is -2.47. The van der Waals surface area contributed by atoms with Crippen LogP contribution in [0, 0.1) is 29.1 Å². The summed E-state index contributed by atoms with van der Waals surface area (Å²) >= 11 is 0. The summed E-state index contributed by atoms with van der Waals surface area (Å²) in [4.78, 5) is 39.7. The predicted molar refractivity (Wildman–Crippen MR) is 101 cm³/mol. The van der Waals surface area contributed by atoms with Crippen LogP contribution in [0.25, 0.3) is 0 Å². The highest BCUT2D eigenvalue weighted by Gasteiger charge is 2.51. The van der Waals surface area contributed by atoms with E-state index in [1.165, 1.54) is 0 Å². The highest BCUT2D eigenvalue weighted by atomic mass is 16.5. The minimum atomic E-state index is -0.899. The molecule has 0 bridgehead atoms. The lowest BCUT2D eigenvalue weighted by molar-refractivity contribution is -0.160. The molecule has 146 valence electrons. The van der Waals surface area contributed by atoms with Gasteiger partial charge >= 0.3 is 5.97 Å². The molecule has 1 aromatic carbocycles. The van der Waals surface area contributed by atoms with Gasteiger partial charge in [0.15, 0.2) is 0 Å². The average Bonchev–Trinajstić information content (AvgIpc) is 2.95. The van der Waals surface area contributed by atoms with Crippen molar-refractivity contribution >= 4 is 17.8 Å². The Morgan fingerprint density at radius 1 is 1.14 bits per heavy atom. The first-order chi connectivity index (χ1) is 13.4. The number of nitrogens with zero attached hydrogens (tertiary/aromatic N) is 2. The number of rotatable bonds is 6. The lowest BCUT2D eigenvalue weighted by atomic mass is 9.85. The monoisotopic (exact) mass is 380 g/mol. The fourth-order valence-corrected chi connectivity index (χ4v) is 3.81. The summed E-state index contributed by atoms with van der Waals surface area (Å²) in [6.07, 6.45) is 5.31. The van der Waals surface area contributed by atoms with Gasteiger partial charge in [0.05, 0.1) is 23.5 Å². The lowest BCUT2D eigenvalue weighted by Gasteiger charge is -2.26. The number of amides is 2. The molecule has 1 aliphatic carbocycles. The van der Waals surface area contributed by atoms with Gasteiger partial charge in [0.1, 0.15) is 12.6 Å². The number of likely N-dealkylation sites (tertiary alicyclic amines) is 1. The first kappa shape index (κ1) is 19.8. The van der Waals surface area contributed by atoms with Crippen LogP contribution < -0.4 is 0 Å². The number of nitriles is 1. The first-order valence-corrected chi connectivity index (χ1v) is 9.60. The van der Waals surface area contributed by atoms with E-state index < -0.39 is 12.0 Å². The number of allylic oxidation sites excluding steroid dienone is 2. The molecule has 1 aromatic rings. The van der Waals surface area contributed by atoms with E-state index in [9.17, 15) is 14.4 Å². The summed E-state index contributed by atoms with van der Waals surface area (Å²) in [5.41, 5.74) is 1.27. The van der Waals surface area contributed by atoms with E-state index >= 15 is 0 Å². The van der Waals surface area contributed by atoms with Crippen LogP contribution in [0.4, 0.5) is 0 Å². The number of benzene rings is 1. The fourth-order valence-electron chi connectivity index (χ4n) is 3.81. The number of ether oxygens (including phenoxy) is 1. The van der Waals surface area contributed by atoms with Crippen molar-refractivity contribution in [3.63, 3.8) is 0 Å². The van der Waals surface area contributed by atoms with Crippen LogP contribution in [0.15, 0.2) is 36.4 Å². The van der Waals surface area contributed by atoms with Crippen molar-refractivity contribution in [2.24, 2.45) is 17.8 Å². The summed E-state index contributed by atoms with van der Waals surface area (Å²) in [5, 5.41) is 8.85. The molecule has 3 atom stereocenters. The maximum absolute atomic E-state index is 12.9. The van der Waals surface area contributed by atoms with Crippen LogP contribution in [0.3, 0.4) is 0 Å². The van der Waals surface area contributed by atoms with Crippen LogP contribution >= 0.6 is 0 Å². The second-order valence-electron chi connectivity index (χ2n) is 7.76. The summed E-state index contributed by atoms with van der Waals surface area (Å²) in [7, 11) is 0. The van der Waals surface area contributed by atoms with Crippen LogP contribution in [0.2, 0.25) is 0 Å². The SMILES string of the molecule is CC(C)C[C@@H](C(=O)OCc1ccc(C#N)cc1)N1C(=O)[C@H]2CC=CC[C@@H]2C1=O. The predicted octanol–water partition coefficient (Wildman–Crippen LogP) is 2.97. The van der Waals surface area contributed by atoms with Gasteiger partial charge in [-0.1, -0.05) is 38.1 Å². The van der Waals surface area contributed by atoms with Crippen molar-refractivity contribution in [1.29, 1.82) is 5.26 Å². The molecule has 0 unspecified atom stereocenters. The molecule has 1 saturated heterocycles. The second kappa shape index (κ2) is 8.39. The van der Waals surface area contributed by atoms with Crippen molar-refractivity contribution < 1.29 is 19.1 Å². The molecule has 0 aromatic heterocycles. The van der Waals surface area contributed by atoms with Gasteiger partial charge in [0.25, 0.3) is 0 Å². The molecule has 1 aliphatic heterocycles. The minimum Gasteiger partial charge on any atom is -0.459 e. The Labute approximate surface area is 164 Å². The van der Waals surface area contributed by atoms with Gasteiger partial charge in [-0.05, 0) is 42.9 Å². The third-order valence-electron chi connectivity index (χ3n) is 5.28. The fraction of sp³-hybridized carbons (Fsp3) is 0.455. The second-order valence-corrected chi connectivity index (χ2v) is 7.76. The number of carbonyl (C=O) groups excluding carboxylic acids is 3. The van der Waals surface area contributed by atoms with Gasteiger partial charge in [-0.15, -0.1) is 0 Å². The minimum absolute atomic E-state index is 0.0315. The standard InChI is InChI=1S/C22H24N2O4/c1-14(2)11-19(22(27)28-13-16-9-7-15(12-23)8-10-16)24-20(25)17-5-3-4-6-18(17)21(24)26/h3-4,7-10,14,17-19H,5-6,11,13H2,1-2H3/t17-,18-,19-/m0/s1. The Kier molecular flexibility index (Phi) is 5.93. The van der Waals surface area contributed by atoms with Crippen molar-refractivity contribution in [2.45, 2.75) is 45.8 Å². The molecule has 28 heavy (non-hydrogen) atoms. The Morgan fingerprint density at radius 3 is 2.21 bits per heavy atom. The Morgan fingerprint density at radius 2 is 1.71 bits per heavy atom. The molecule has 6 nitrogen and oxygen atoms in total. The molecule has 6 heteroatoms. The van der Waals surface area contributed by atoms with Gasteiger partial charge in [-0.3, -0.25) is 14.5 Å². The molecular weight excluding hydrogens is 356 g/mol. The molecule has 0 radical (unpaired) electrons. The van der Waals surface area contributed by atoms with E-state index in [-0.39, 0.29) is 36.2 Å². The van der Waals surface area contributed by atoms with E-state index in [1.54, 1.807) is 24.3 Å². The molecule has 3 rings (SSSR count). The molecular formula is C22H24N2O4. The maximum atomic E-state index is 12.9. The largest absolute Gasteiger partial charge is 0.459 e. The topological polar surface area (TPSA) is 87.5 Å². The number of hydrogen-bond donors (Lipinski definition) is 0. The molecule has 1 fully saturated rings. The summed E-state index contributed by atoms with van der Waals surface area (Å²) in [5.74, 6) is -1.70. The Balaban J connectivity index is 1.74. The van der Waals surface area contributed by atoms with Crippen molar-refractivity contribution in [3.05, 3.63) is 47.5 Å². The maximum Gasteiger partial charge on any atom is 0.329 e. The van der Waals surface area contributed by atoms with E-state index in [2.05, 4.69) is 0 Å². The van der Waals surface area contributed by atoms with Crippen LogP contribution in [0.1, 0.15) is 44.2 Å². The van der Waals surface area contributed by atoms with Crippen molar-refractivity contribution in [1.82, 2.24) is 4.90 Å². The summed E-state index contributed by atoms with van der Waals surface area (Å²) in [6, 6.07) is 7.88. The van der Waals surface area contributed by atoms with Crippen molar-refractivity contribution in [2.75, 3.05) is 0 Å². The number of carbonyl (C=O) groups is 3. The van der Waals surface area contributed by atoms with Crippen LogP contribution in [0.5, 0.6) is 0 Å². The summed E-state index contributed by atoms with van der Waals surface area (Å²) < 4.78 is 5.44. The third-order valence-corrected chi connectivity index (χ3v) is 5.28. The quantitative estimate of drug-likeness (QED) is 0.430. The van der Waals surface area contributed by atoms with E-state index in [0.717, 1.165) is 10.5 Å². The third kappa shape index (κ3) is 3.99. The smallest absolute Gasteiger partial charge is 0.329 e. The van der Waals surface area contributed by atoms with Gasteiger partial charge < -0.3 is 4.74 Å². The molecule has 0 spiro atoms. The molecule has 0 saturated carbocycles. The normalized spacial score (nSPS) is 22.1. The highest BCUT2D eigenvalue weighted by molar-refractivity contribution is 6.08. The van der Waals surface area contributed by atoms with Crippen molar-refractivity contribution in [3.8, 4) is 6.07 Å². The van der Waals surface area contributed by atoms with E-state index in [1.807, 2.05) is 32.1 Å². The van der Waals surface area contributed by atoms with Crippen LogP contribution in [-0.4, -0.2) is 28.7 Å². The molecule has 2 aliphatic rings. The van der Waals surface area contributed by atoms with Gasteiger partial charge in [0.2, 0.25) is 11.8 Å². The average molecular weight is 380 g/mol. The number of hydrogen-bond acceptors (Lipinski definition) is 5. The van der Waals surface area contributed by atoms with E-state index in [4.69, 9.17) is 10.00 Å².